The molecule has 3 rings (SSSR count). The molecule has 0 radical (unpaired) electrons. The number of carbonyl (C=O) groups is 1. The van der Waals surface area contributed by atoms with E-state index in [0.29, 0.717) is 12.2 Å². The Morgan fingerprint density at radius 1 is 1.53 bits per heavy atom. The van der Waals surface area contributed by atoms with Crippen LogP contribution in [-0.4, -0.2) is 22.0 Å². The molecule has 0 N–H and O–H groups in total. The van der Waals surface area contributed by atoms with Gasteiger partial charge in [0.25, 0.3) is 0 Å². The Morgan fingerprint density at radius 2 is 2.41 bits per heavy atom. The maximum absolute atomic E-state index is 11.6. The van der Waals surface area contributed by atoms with Crippen molar-refractivity contribution in [3.8, 4) is 0 Å². The Morgan fingerprint density at radius 3 is 3.24 bits per heavy atom. The molecule has 0 aliphatic carbocycles. The molecule has 0 aliphatic heterocycles. The average molecular weight is 246 g/mol. The van der Waals surface area contributed by atoms with Crippen molar-refractivity contribution in [1.82, 2.24) is 9.38 Å². The lowest BCUT2D eigenvalue weighted by Crippen LogP contribution is -2.04. The number of rotatable bonds is 2. The van der Waals surface area contributed by atoms with E-state index >= 15 is 0 Å². The van der Waals surface area contributed by atoms with Gasteiger partial charge in [-0.25, -0.2) is 9.78 Å². The molecule has 86 valence electrons. The van der Waals surface area contributed by atoms with Crippen molar-refractivity contribution in [3.05, 3.63) is 36.2 Å². The number of aromatic nitrogens is 2. The molecule has 0 fully saturated rings. The van der Waals surface area contributed by atoms with E-state index in [0.717, 1.165) is 15.2 Å². The molecule has 0 saturated heterocycles. The Kier molecular flexibility index (Phi) is 2.33. The molecule has 5 heteroatoms. The molecule has 3 aromatic rings. The number of carbonyl (C=O) groups excluding carboxylic acids is 1. The lowest BCUT2D eigenvalue weighted by Gasteiger charge is -2.01. The molecule has 4 nitrogen and oxygen atoms in total. The van der Waals surface area contributed by atoms with Crippen LogP contribution in [0.3, 0.4) is 0 Å². The normalized spacial score (nSPS) is 11.1. The molecule has 0 aliphatic rings. The predicted molar refractivity (Wildman–Crippen MR) is 66.5 cm³/mol. The molecule has 2 heterocycles. The van der Waals surface area contributed by atoms with E-state index in [9.17, 15) is 4.79 Å². The van der Waals surface area contributed by atoms with Crippen molar-refractivity contribution in [3.63, 3.8) is 0 Å². The number of nitrogens with zero attached hydrogens (tertiary/aromatic N) is 2. The molecule has 17 heavy (non-hydrogen) atoms. The van der Waals surface area contributed by atoms with Gasteiger partial charge in [0.1, 0.15) is 0 Å². The molecule has 2 aromatic heterocycles. The van der Waals surface area contributed by atoms with Gasteiger partial charge in [-0.2, -0.15) is 0 Å². The molecule has 0 unspecified atom stereocenters. The van der Waals surface area contributed by atoms with Crippen LogP contribution in [0.25, 0.3) is 15.2 Å². The minimum absolute atomic E-state index is 0.283. The summed E-state index contributed by atoms with van der Waals surface area (Å²) in [7, 11) is 0. The van der Waals surface area contributed by atoms with Crippen molar-refractivity contribution < 1.29 is 9.53 Å². The zero-order valence-corrected chi connectivity index (χ0v) is 10.0. The molecular weight excluding hydrogens is 236 g/mol. The number of benzene rings is 1. The molecule has 0 saturated carbocycles. The number of esters is 1. The minimum atomic E-state index is -0.283. The maximum atomic E-state index is 11.6. The number of hydrogen-bond donors (Lipinski definition) is 0. The lowest BCUT2D eigenvalue weighted by atomic mass is 10.2. The second-order valence-corrected chi connectivity index (χ2v) is 4.59. The highest BCUT2D eigenvalue weighted by molar-refractivity contribution is 7.23. The summed E-state index contributed by atoms with van der Waals surface area (Å²) in [6.45, 7) is 2.19. The van der Waals surface area contributed by atoms with E-state index in [1.807, 2.05) is 22.7 Å². The fourth-order valence-corrected chi connectivity index (χ4v) is 2.75. The second kappa shape index (κ2) is 3.85. The zero-order valence-electron chi connectivity index (χ0n) is 9.21. The van der Waals surface area contributed by atoms with Crippen LogP contribution >= 0.6 is 11.3 Å². The number of thiazole rings is 1. The Bertz CT molecular complexity index is 699. The van der Waals surface area contributed by atoms with Gasteiger partial charge in [0.2, 0.25) is 0 Å². The number of hydrogen-bond acceptors (Lipinski definition) is 4. The SMILES string of the molecule is CCOC(=O)c1ccc2sc3nccn3c2c1. The first kappa shape index (κ1) is 10.3. The smallest absolute Gasteiger partial charge is 0.338 e. The van der Waals surface area contributed by atoms with Gasteiger partial charge >= 0.3 is 5.97 Å². The summed E-state index contributed by atoms with van der Waals surface area (Å²) in [5.41, 5.74) is 1.57. The second-order valence-electron chi connectivity index (χ2n) is 3.58. The maximum Gasteiger partial charge on any atom is 0.338 e. The lowest BCUT2D eigenvalue weighted by molar-refractivity contribution is 0.0526. The van der Waals surface area contributed by atoms with Gasteiger partial charge in [-0.05, 0) is 25.1 Å². The average Bonchev–Trinajstić information content (AvgIpc) is 2.88. The number of fused-ring (bicyclic) bond motifs is 3. The fourth-order valence-electron chi connectivity index (χ4n) is 1.78. The van der Waals surface area contributed by atoms with E-state index in [-0.39, 0.29) is 5.97 Å². The number of ether oxygens (including phenoxy) is 1. The molecule has 0 spiro atoms. The first-order valence-electron chi connectivity index (χ1n) is 5.32. The first-order chi connectivity index (χ1) is 8.29. The van der Waals surface area contributed by atoms with Crippen molar-refractivity contribution in [2.45, 2.75) is 6.92 Å². The van der Waals surface area contributed by atoms with E-state index in [1.165, 1.54) is 0 Å². The highest BCUT2D eigenvalue weighted by atomic mass is 32.1. The van der Waals surface area contributed by atoms with Crippen LogP contribution in [0.5, 0.6) is 0 Å². The molecule has 0 atom stereocenters. The quantitative estimate of drug-likeness (QED) is 0.653. The van der Waals surface area contributed by atoms with Gasteiger partial charge in [-0.1, -0.05) is 11.3 Å². The third-order valence-electron chi connectivity index (χ3n) is 2.54. The first-order valence-corrected chi connectivity index (χ1v) is 6.14. The van der Waals surface area contributed by atoms with Crippen LogP contribution in [0.2, 0.25) is 0 Å². The molecule has 0 bridgehead atoms. The van der Waals surface area contributed by atoms with Crippen molar-refractivity contribution >= 4 is 32.5 Å². The highest BCUT2D eigenvalue weighted by Gasteiger charge is 2.10. The predicted octanol–water partition coefficient (Wildman–Crippen LogP) is 2.73. The topological polar surface area (TPSA) is 43.6 Å². The van der Waals surface area contributed by atoms with E-state index in [2.05, 4.69) is 4.98 Å². The van der Waals surface area contributed by atoms with Gasteiger partial charge in [0.05, 0.1) is 22.4 Å². The molecule has 0 amide bonds. The monoisotopic (exact) mass is 246 g/mol. The van der Waals surface area contributed by atoms with Gasteiger partial charge in [0, 0.05) is 12.4 Å². The van der Waals surface area contributed by atoms with Crippen LogP contribution in [0.4, 0.5) is 0 Å². The zero-order chi connectivity index (χ0) is 11.8. The summed E-state index contributed by atoms with van der Waals surface area (Å²) in [5.74, 6) is -0.283. The van der Waals surface area contributed by atoms with Gasteiger partial charge in [0.15, 0.2) is 4.96 Å². The third-order valence-corrected chi connectivity index (χ3v) is 3.59. The van der Waals surface area contributed by atoms with Crippen LogP contribution in [0.15, 0.2) is 30.6 Å². The van der Waals surface area contributed by atoms with E-state index < -0.39 is 0 Å². The summed E-state index contributed by atoms with van der Waals surface area (Å²) >= 11 is 1.60. The Labute approximate surface area is 101 Å². The van der Waals surface area contributed by atoms with Crippen molar-refractivity contribution in [2.24, 2.45) is 0 Å². The van der Waals surface area contributed by atoms with Crippen molar-refractivity contribution in [1.29, 1.82) is 0 Å². The Hall–Kier alpha value is -1.88. The van der Waals surface area contributed by atoms with Gasteiger partial charge in [-0.15, -0.1) is 0 Å². The van der Waals surface area contributed by atoms with Crippen LogP contribution < -0.4 is 0 Å². The van der Waals surface area contributed by atoms with Crippen LogP contribution in [0.1, 0.15) is 17.3 Å². The van der Waals surface area contributed by atoms with Crippen molar-refractivity contribution in [2.75, 3.05) is 6.61 Å². The molecule has 1 aromatic carbocycles. The number of imidazole rings is 1. The highest BCUT2D eigenvalue weighted by Crippen LogP contribution is 2.26. The van der Waals surface area contributed by atoms with E-state index in [4.69, 9.17) is 4.74 Å². The van der Waals surface area contributed by atoms with Crippen LogP contribution in [0, 0.1) is 0 Å². The molecular formula is C12H10N2O2S. The summed E-state index contributed by atoms with van der Waals surface area (Å²) in [4.78, 5) is 16.8. The fraction of sp³-hybridized carbons (Fsp3) is 0.167. The summed E-state index contributed by atoms with van der Waals surface area (Å²) < 4.78 is 8.07. The van der Waals surface area contributed by atoms with E-state index in [1.54, 1.807) is 30.5 Å². The van der Waals surface area contributed by atoms with Gasteiger partial charge in [-0.3, -0.25) is 4.40 Å². The van der Waals surface area contributed by atoms with Gasteiger partial charge < -0.3 is 4.74 Å². The van der Waals surface area contributed by atoms with Crippen LogP contribution in [-0.2, 0) is 4.74 Å². The Balaban J connectivity index is 2.19. The summed E-state index contributed by atoms with van der Waals surface area (Å²) in [6.07, 6.45) is 3.64. The standard InChI is InChI=1S/C12H10N2O2S/c1-2-16-11(15)8-3-4-10-9(7-8)14-6-5-13-12(14)17-10/h3-7H,2H2,1H3. The summed E-state index contributed by atoms with van der Waals surface area (Å²) in [6, 6.07) is 5.57. The summed E-state index contributed by atoms with van der Waals surface area (Å²) in [5, 5.41) is 0. The minimum Gasteiger partial charge on any atom is -0.462 e. The largest absolute Gasteiger partial charge is 0.462 e. The third kappa shape index (κ3) is 1.59.